The summed E-state index contributed by atoms with van der Waals surface area (Å²) in [5.74, 6) is 2.13. The van der Waals surface area contributed by atoms with Gasteiger partial charge in [-0.2, -0.15) is 5.32 Å². The molecule has 1 heterocycles. The van der Waals surface area contributed by atoms with E-state index in [9.17, 15) is 9.90 Å². The molecule has 2 atom stereocenters. The number of carbonyl (C=O) groups excluding carboxylic acids is 1. The number of aliphatic hydroxyl groups is 1. The Morgan fingerprint density at radius 1 is 1.33 bits per heavy atom. The quantitative estimate of drug-likeness (QED) is 0.868. The zero-order valence-corrected chi connectivity index (χ0v) is 13.0. The zero-order valence-electron chi connectivity index (χ0n) is 13.0. The topological polar surface area (TPSA) is 54.6 Å². The second kappa shape index (κ2) is 4.48. The molecule has 115 valence electrons. The van der Waals surface area contributed by atoms with Crippen LogP contribution in [-0.4, -0.2) is 27.7 Å². The summed E-state index contributed by atoms with van der Waals surface area (Å²) >= 11 is 0. The lowest BCUT2D eigenvalue weighted by Gasteiger charge is -2.59. The molecule has 5 rings (SSSR count). The predicted molar refractivity (Wildman–Crippen MR) is 79.2 cm³/mol. The van der Waals surface area contributed by atoms with Crippen molar-refractivity contribution in [1.82, 2.24) is 10.2 Å². The molecule has 4 heteroatoms. The highest BCUT2D eigenvalue weighted by molar-refractivity contribution is 5.80. The molecule has 0 aromatic rings. The summed E-state index contributed by atoms with van der Waals surface area (Å²) in [6, 6.07) is 0.206. The average Bonchev–Trinajstić information content (AvgIpc) is 2.66. The van der Waals surface area contributed by atoms with Gasteiger partial charge in [0.1, 0.15) is 0 Å². The van der Waals surface area contributed by atoms with Crippen molar-refractivity contribution < 1.29 is 9.90 Å². The number of urea groups is 1. The van der Waals surface area contributed by atoms with Crippen LogP contribution in [0.2, 0.25) is 0 Å². The minimum atomic E-state index is -0.433. The van der Waals surface area contributed by atoms with Crippen LogP contribution in [0, 0.1) is 23.7 Å². The lowest BCUT2D eigenvalue weighted by Crippen LogP contribution is -2.61. The van der Waals surface area contributed by atoms with Crippen LogP contribution in [0.15, 0.2) is 11.9 Å². The third-order valence-corrected chi connectivity index (χ3v) is 5.88. The van der Waals surface area contributed by atoms with E-state index >= 15 is 0 Å². The van der Waals surface area contributed by atoms with Crippen molar-refractivity contribution >= 4 is 6.03 Å². The fraction of sp³-hybridized carbons (Fsp3) is 0.824. The molecular formula is C17H25N2O2. The van der Waals surface area contributed by atoms with Gasteiger partial charge in [0.05, 0.1) is 11.3 Å². The van der Waals surface area contributed by atoms with Gasteiger partial charge in [-0.05, 0) is 62.2 Å². The fourth-order valence-electron chi connectivity index (χ4n) is 5.56. The monoisotopic (exact) mass is 289 g/mol. The van der Waals surface area contributed by atoms with Gasteiger partial charge in [-0.3, -0.25) is 4.90 Å². The molecule has 5 aliphatic rings. The number of nitrogens with zero attached hydrogens (tertiary/aromatic N) is 2. The number of hydrogen-bond donors (Lipinski definition) is 1. The van der Waals surface area contributed by atoms with Crippen molar-refractivity contribution in [2.75, 3.05) is 0 Å². The Morgan fingerprint density at radius 2 is 2.00 bits per heavy atom. The van der Waals surface area contributed by atoms with E-state index in [4.69, 9.17) is 0 Å². The van der Waals surface area contributed by atoms with Crippen LogP contribution < -0.4 is 5.32 Å². The molecular weight excluding hydrogens is 264 g/mol. The molecule has 4 nitrogen and oxygen atoms in total. The molecule has 4 saturated carbocycles. The summed E-state index contributed by atoms with van der Waals surface area (Å²) in [5, 5.41) is 14.9. The van der Waals surface area contributed by atoms with Crippen LogP contribution in [0.25, 0.3) is 0 Å². The average molecular weight is 289 g/mol. The molecule has 0 aromatic carbocycles. The first-order chi connectivity index (χ1) is 9.93. The first kappa shape index (κ1) is 13.6. The third kappa shape index (κ3) is 2.19. The van der Waals surface area contributed by atoms with E-state index in [1.54, 1.807) is 0 Å². The van der Waals surface area contributed by atoms with E-state index in [1.807, 2.05) is 11.1 Å². The molecule has 1 N–H and O–H groups in total. The molecule has 1 radical (unpaired) electrons. The van der Waals surface area contributed by atoms with Gasteiger partial charge in [-0.15, -0.1) is 0 Å². The highest BCUT2D eigenvalue weighted by atomic mass is 16.3. The molecule has 4 bridgehead atoms. The molecule has 0 aromatic heterocycles. The molecule has 0 spiro atoms. The lowest BCUT2D eigenvalue weighted by atomic mass is 9.52. The van der Waals surface area contributed by atoms with Gasteiger partial charge in [-0.25, -0.2) is 4.79 Å². The Labute approximate surface area is 126 Å². The highest BCUT2D eigenvalue weighted by Gasteiger charge is 2.57. The second-order valence-electron chi connectivity index (χ2n) is 8.20. The maximum atomic E-state index is 12.3. The van der Waals surface area contributed by atoms with Crippen molar-refractivity contribution in [2.45, 2.75) is 64.0 Å². The summed E-state index contributed by atoms with van der Waals surface area (Å²) in [6.07, 6.45) is 7.97. The number of amides is 2. The smallest absolute Gasteiger partial charge is 0.348 e. The number of hydrogen-bond acceptors (Lipinski definition) is 2. The Hall–Kier alpha value is -1.03. The summed E-state index contributed by atoms with van der Waals surface area (Å²) in [6.45, 7) is 4.31. The maximum absolute atomic E-state index is 12.3. The molecule has 1 aliphatic heterocycles. The Kier molecular flexibility index (Phi) is 2.91. The lowest BCUT2D eigenvalue weighted by molar-refractivity contribution is -0.148. The summed E-state index contributed by atoms with van der Waals surface area (Å²) < 4.78 is 0. The van der Waals surface area contributed by atoms with Crippen LogP contribution >= 0.6 is 0 Å². The largest absolute Gasteiger partial charge is 0.390 e. The van der Waals surface area contributed by atoms with Gasteiger partial charge in [0, 0.05) is 12.2 Å². The standard InChI is InChI=1S/C17H25N2O2/c1-10(2)3-14-9-19(16(20)18-14)15-12-4-11-5-13(15)8-17(21,6-11)7-12/h9-13,15,21H,3-8H2,1-2H3. The van der Waals surface area contributed by atoms with Crippen molar-refractivity contribution in [2.24, 2.45) is 23.7 Å². The van der Waals surface area contributed by atoms with E-state index in [0.29, 0.717) is 23.7 Å². The Balaban J connectivity index is 1.57. The maximum Gasteiger partial charge on any atom is 0.348 e. The third-order valence-electron chi connectivity index (χ3n) is 5.88. The first-order valence-electron chi connectivity index (χ1n) is 8.41. The minimum absolute atomic E-state index is 0.0740. The summed E-state index contributed by atoms with van der Waals surface area (Å²) in [7, 11) is 0. The van der Waals surface area contributed by atoms with Crippen LogP contribution in [0.3, 0.4) is 0 Å². The van der Waals surface area contributed by atoms with E-state index in [-0.39, 0.29) is 12.1 Å². The first-order valence-corrected chi connectivity index (χ1v) is 8.41. The van der Waals surface area contributed by atoms with Crippen molar-refractivity contribution in [1.29, 1.82) is 0 Å². The van der Waals surface area contributed by atoms with Crippen LogP contribution in [0.5, 0.6) is 0 Å². The summed E-state index contributed by atoms with van der Waals surface area (Å²) in [4.78, 5) is 14.2. The molecule has 21 heavy (non-hydrogen) atoms. The predicted octanol–water partition coefficient (Wildman–Crippen LogP) is 2.85. The van der Waals surface area contributed by atoms with Crippen LogP contribution in [0.4, 0.5) is 4.79 Å². The van der Waals surface area contributed by atoms with Gasteiger partial charge in [0.15, 0.2) is 0 Å². The normalized spacial score (nSPS) is 44.5. The van der Waals surface area contributed by atoms with Crippen LogP contribution in [0.1, 0.15) is 52.4 Å². The van der Waals surface area contributed by atoms with E-state index in [1.165, 1.54) is 12.8 Å². The van der Waals surface area contributed by atoms with Gasteiger partial charge in [-0.1, -0.05) is 13.8 Å². The number of carbonyl (C=O) groups is 1. The molecule has 2 amide bonds. The molecule has 4 aliphatic carbocycles. The van der Waals surface area contributed by atoms with E-state index in [2.05, 4.69) is 19.2 Å². The van der Waals surface area contributed by atoms with E-state index in [0.717, 1.165) is 31.4 Å². The van der Waals surface area contributed by atoms with E-state index < -0.39 is 5.60 Å². The number of rotatable bonds is 3. The van der Waals surface area contributed by atoms with Crippen molar-refractivity contribution in [3.8, 4) is 0 Å². The van der Waals surface area contributed by atoms with Crippen LogP contribution in [-0.2, 0) is 0 Å². The minimum Gasteiger partial charge on any atom is -0.390 e. The van der Waals surface area contributed by atoms with Gasteiger partial charge < -0.3 is 5.11 Å². The van der Waals surface area contributed by atoms with Gasteiger partial charge in [0.25, 0.3) is 0 Å². The molecule has 0 saturated heterocycles. The zero-order chi connectivity index (χ0) is 14.8. The molecule has 4 fully saturated rings. The fourth-order valence-corrected chi connectivity index (χ4v) is 5.56. The van der Waals surface area contributed by atoms with Gasteiger partial charge in [0.2, 0.25) is 0 Å². The Morgan fingerprint density at radius 3 is 2.57 bits per heavy atom. The summed E-state index contributed by atoms with van der Waals surface area (Å²) in [5.41, 5.74) is 0.500. The SMILES string of the molecule is CC(C)CC1=CN(C2C3CC4CC2CC(O)(C4)C3)C(=O)[N]1. The molecule has 2 unspecified atom stereocenters. The highest BCUT2D eigenvalue weighted by Crippen LogP contribution is 2.57. The van der Waals surface area contributed by atoms with Crippen molar-refractivity contribution in [3.63, 3.8) is 0 Å². The number of allylic oxidation sites excluding steroid dienone is 1. The van der Waals surface area contributed by atoms with Gasteiger partial charge >= 0.3 is 6.03 Å². The Bertz CT molecular complexity index is 483. The van der Waals surface area contributed by atoms with Crippen molar-refractivity contribution in [3.05, 3.63) is 11.9 Å². The second-order valence-corrected chi connectivity index (χ2v) is 8.20.